The lowest BCUT2D eigenvalue weighted by atomic mass is 9.87. The fourth-order valence-corrected chi connectivity index (χ4v) is 7.13. The second-order valence-electron chi connectivity index (χ2n) is 13.6. The van der Waals surface area contributed by atoms with Gasteiger partial charge in [0.2, 0.25) is 11.8 Å². The van der Waals surface area contributed by atoms with Crippen molar-refractivity contribution in [2.24, 2.45) is 5.41 Å². The number of aromatic nitrogens is 4. The molecular weight excluding hydrogens is 646 g/mol. The van der Waals surface area contributed by atoms with Crippen molar-refractivity contribution in [3.05, 3.63) is 83.3 Å². The molecule has 4 aromatic rings. The maximum absolute atomic E-state index is 14.5. The summed E-state index contributed by atoms with van der Waals surface area (Å²) in [5.41, 5.74) is 3.55. The molecule has 2 atom stereocenters. The zero-order valence-corrected chi connectivity index (χ0v) is 29.1. The van der Waals surface area contributed by atoms with E-state index in [4.69, 9.17) is 14.5 Å². The van der Waals surface area contributed by atoms with Gasteiger partial charge in [0.05, 0.1) is 47.3 Å². The van der Waals surface area contributed by atoms with Crippen LogP contribution in [0.4, 0.5) is 16.6 Å². The van der Waals surface area contributed by atoms with E-state index in [1.54, 1.807) is 17.0 Å². The minimum Gasteiger partial charge on any atom is -0.475 e. The summed E-state index contributed by atoms with van der Waals surface area (Å²) in [6.45, 7) is 12.2. The van der Waals surface area contributed by atoms with Crippen LogP contribution < -0.4 is 14.4 Å². The Bertz CT molecular complexity index is 2010. The smallest absolute Gasteiger partial charge is 0.415 e. The van der Waals surface area contributed by atoms with Gasteiger partial charge in [-0.25, -0.2) is 27.9 Å². The number of fused-ring (bicyclic) bond motifs is 4. The number of carbonyl (C=O) groups excluding carboxylic acids is 2. The number of aryl methyl sites for hydroxylation is 2. The van der Waals surface area contributed by atoms with E-state index in [2.05, 4.69) is 40.4 Å². The molecule has 1 fully saturated rings. The number of amides is 2. The Kier molecular flexibility index (Phi) is 9.01. The summed E-state index contributed by atoms with van der Waals surface area (Å²) in [6.07, 6.45) is 3.01. The van der Waals surface area contributed by atoms with E-state index in [0.29, 0.717) is 23.6 Å². The van der Waals surface area contributed by atoms with Gasteiger partial charge in [0, 0.05) is 17.2 Å². The summed E-state index contributed by atoms with van der Waals surface area (Å²) in [7, 11) is -4.22. The number of cyclic esters (lactones) is 1. The SMILES string of the molecule is Cc1cccc(C)c1-c1cc2nc(n1)NS(=O)(=O)c1cccc(c1)C(=O)N(Cc1cncc(N3C(=O)OC[C@H]3C)n1)[C@H](CC(C)(C)C)CO2. The number of ether oxygens (including phenoxy) is 2. The highest BCUT2D eigenvalue weighted by molar-refractivity contribution is 7.92. The fourth-order valence-electron chi connectivity index (χ4n) is 6.14. The normalized spacial score (nSPS) is 19.2. The lowest BCUT2D eigenvalue weighted by Gasteiger charge is -2.35. The molecule has 13 nitrogen and oxygen atoms in total. The highest BCUT2D eigenvalue weighted by atomic mass is 32.2. The largest absolute Gasteiger partial charge is 0.475 e. The van der Waals surface area contributed by atoms with Crippen molar-refractivity contribution >= 4 is 33.8 Å². The van der Waals surface area contributed by atoms with Crippen LogP contribution in [-0.4, -0.2) is 70.6 Å². The van der Waals surface area contributed by atoms with Crippen LogP contribution in [0.2, 0.25) is 0 Å². The summed E-state index contributed by atoms with van der Waals surface area (Å²) in [4.78, 5) is 47.9. The first-order valence-electron chi connectivity index (χ1n) is 16.0. The molecule has 2 amide bonds. The van der Waals surface area contributed by atoms with Crippen LogP contribution in [0.15, 0.2) is 65.8 Å². The molecule has 2 aliphatic rings. The van der Waals surface area contributed by atoms with E-state index in [1.807, 2.05) is 39.0 Å². The summed E-state index contributed by atoms with van der Waals surface area (Å²) < 4.78 is 41.4. The molecule has 49 heavy (non-hydrogen) atoms. The molecule has 0 radical (unpaired) electrons. The summed E-state index contributed by atoms with van der Waals surface area (Å²) in [5.74, 6) is -0.131. The molecule has 6 rings (SSSR count). The van der Waals surface area contributed by atoms with Gasteiger partial charge in [0.1, 0.15) is 13.2 Å². The van der Waals surface area contributed by atoms with Gasteiger partial charge in [0.25, 0.3) is 15.9 Å². The maximum atomic E-state index is 14.5. The van der Waals surface area contributed by atoms with Crippen molar-refractivity contribution in [1.82, 2.24) is 24.8 Å². The minimum atomic E-state index is -4.22. The first-order chi connectivity index (χ1) is 23.2. The first kappa shape index (κ1) is 33.8. The van der Waals surface area contributed by atoms with Gasteiger partial charge in [0.15, 0.2) is 5.82 Å². The van der Waals surface area contributed by atoms with Crippen molar-refractivity contribution in [1.29, 1.82) is 0 Å². The number of carbonyl (C=O) groups is 2. The van der Waals surface area contributed by atoms with Gasteiger partial charge in [-0.1, -0.05) is 45.0 Å². The zero-order chi connectivity index (χ0) is 35.1. The molecule has 2 aromatic carbocycles. The molecule has 1 N–H and O–H groups in total. The second-order valence-corrected chi connectivity index (χ2v) is 15.3. The number of benzene rings is 2. The molecule has 4 heterocycles. The third kappa shape index (κ3) is 7.33. The van der Waals surface area contributed by atoms with Gasteiger partial charge >= 0.3 is 6.09 Å². The number of nitrogens with zero attached hydrogens (tertiary/aromatic N) is 6. The van der Waals surface area contributed by atoms with Crippen LogP contribution in [0.1, 0.15) is 61.3 Å². The third-order valence-corrected chi connectivity index (χ3v) is 9.69. The van der Waals surface area contributed by atoms with Crippen molar-refractivity contribution in [2.75, 3.05) is 22.8 Å². The van der Waals surface area contributed by atoms with Gasteiger partial charge in [-0.2, -0.15) is 4.98 Å². The standard InChI is InChI=1S/C35H39N7O6S/c1-21-9-7-10-22(2)31(21)28-14-30-39-33(38-28)40-49(45,46)27-12-8-11-24(13-27)32(43)41(26(20-47-30)15-35(4,5)6)18-25-16-36-17-29(37-25)42-23(3)19-48-34(42)44/h7-14,16-17,23,26H,15,18-20H2,1-6H3,(H,38,39,40)/t23-,26-/m1/s1. The molecular formula is C35H39N7O6S. The lowest BCUT2D eigenvalue weighted by molar-refractivity contribution is 0.0509. The zero-order valence-electron chi connectivity index (χ0n) is 28.3. The molecule has 0 unspecified atom stereocenters. The van der Waals surface area contributed by atoms with Gasteiger partial charge in [-0.3, -0.25) is 14.7 Å². The van der Waals surface area contributed by atoms with Crippen LogP contribution in [0.3, 0.4) is 0 Å². The molecule has 1 saturated heterocycles. The lowest BCUT2D eigenvalue weighted by Crippen LogP contribution is -2.45. The fraction of sp³-hybridized carbons (Fsp3) is 0.371. The highest BCUT2D eigenvalue weighted by Crippen LogP contribution is 2.32. The van der Waals surface area contributed by atoms with E-state index >= 15 is 0 Å². The Morgan fingerprint density at radius 2 is 1.67 bits per heavy atom. The minimum absolute atomic E-state index is 0.00104. The van der Waals surface area contributed by atoms with E-state index < -0.39 is 28.1 Å². The van der Waals surface area contributed by atoms with E-state index in [0.717, 1.165) is 16.7 Å². The number of nitrogens with one attached hydrogen (secondary N) is 1. The molecule has 4 bridgehead atoms. The average Bonchev–Trinajstić information content (AvgIpc) is 3.38. The number of anilines is 2. The van der Waals surface area contributed by atoms with Crippen molar-refractivity contribution in [3.8, 4) is 17.1 Å². The number of hydrogen-bond acceptors (Lipinski definition) is 10. The molecule has 0 aliphatic carbocycles. The predicted octanol–water partition coefficient (Wildman–Crippen LogP) is 5.54. The maximum Gasteiger partial charge on any atom is 0.415 e. The van der Waals surface area contributed by atoms with Crippen LogP contribution in [-0.2, 0) is 21.3 Å². The summed E-state index contributed by atoms with van der Waals surface area (Å²) in [5, 5.41) is 0. The Morgan fingerprint density at radius 1 is 0.939 bits per heavy atom. The molecule has 0 saturated carbocycles. The second kappa shape index (κ2) is 13.1. The van der Waals surface area contributed by atoms with Crippen molar-refractivity contribution in [3.63, 3.8) is 0 Å². The highest BCUT2D eigenvalue weighted by Gasteiger charge is 2.34. The number of sulfonamides is 1. The topological polar surface area (TPSA) is 157 Å². The van der Waals surface area contributed by atoms with Crippen molar-refractivity contribution in [2.45, 2.75) is 71.5 Å². The van der Waals surface area contributed by atoms with Gasteiger partial charge in [-0.05, 0) is 61.9 Å². The molecule has 14 heteroatoms. The van der Waals surface area contributed by atoms with Gasteiger partial charge in [-0.15, -0.1) is 0 Å². The monoisotopic (exact) mass is 685 g/mol. The number of hydrogen-bond donors (Lipinski definition) is 1. The van der Waals surface area contributed by atoms with Crippen LogP contribution in [0.25, 0.3) is 11.3 Å². The Morgan fingerprint density at radius 3 is 2.37 bits per heavy atom. The van der Waals surface area contributed by atoms with E-state index in [-0.39, 0.29) is 53.5 Å². The third-order valence-electron chi connectivity index (χ3n) is 8.37. The van der Waals surface area contributed by atoms with Crippen LogP contribution in [0, 0.1) is 19.3 Å². The van der Waals surface area contributed by atoms with Gasteiger partial charge < -0.3 is 14.4 Å². The Labute approximate surface area is 285 Å². The van der Waals surface area contributed by atoms with E-state index in [1.165, 1.54) is 35.5 Å². The average molecular weight is 686 g/mol. The Balaban J connectivity index is 1.47. The van der Waals surface area contributed by atoms with Crippen molar-refractivity contribution < 1.29 is 27.5 Å². The Hall–Kier alpha value is -5.11. The molecule has 2 aliphatic heterocycles. The molecule has 2 aromatic heterocycles. The van der Waals surface area contributed by atoms with Crippen LogP contribution >= 0.6 is 0 Å². The summed E-state index contributed by atoms with van der Waals surface area (Å²) in [6, 6.07) is 12.6. The molecule has 0 spiro atoms. The number of rotatable bonds is 5. The quantitative estimate of drug-likeness (QED) is 0.283. The van der Waals surface area contributed by atoms with Crippen LogP contribution in [0.5, 0.6) is 5.88 Å². The summed E-state index contributed by atoms with van der Waals surface area (Å²) >= 11 is 0. The predicted molar refractivity (Wildman–Crippen MR) is 183 cm³/mol. The molecule has 256 valence electrons. The first-order valence-corrected chi connectivity index (χ1v) is 17.5. The van der Waals surface area contributed by atoms with E-state index in [9.17, 15) is 18.0 Å².